The van der Waals surface area contributed by atoms with Gasteiger partial charge in [0.15, 0.2) is 0 Å². The van der Waals surface area contributed by atoms with Crippen molar-refractivity contribution >= 4 is 13.3 Å². The van der Waals surface area contributed by atoms with E-state index in [9.17, 15) is 0 Å². The van der Waals surface area contributed by atoms with Gasteiger partial charge in [-0.05, 0) is 18.0 Å². The molecule has 0 amide bonds. The van der Waals surface area contributed by atoms with Crippen molar-refractivity contribution in [2.45, 2.75) is 6.42 Å². The van der Waals surface area contributed by atoms with Crippen molar-refractivity contribution < 1.29 is 10.0 Å². The summed E-state index contributed by atoms with van der Waals surface area (Å²) in [5, 5.41) is 17.2. The van der Waals surface area contributed by atoms with Crippen LogP contribution in [0.1, 0.15) is 6.42 Å². The zero-order valence-electron chi connectivity index (χ0n) is 4.99. The number of allylic oxidation sites excluding steroid dienone is 1. The minimum absolute atomic E-state index is 0.644. The topological polar surface area (TPSA) is 52.8 Å². The van der Waals surface area contributed by atoms with Gasteiger partial charge in [-0.25, -0.2) is 0 Å². The van der Waals surface area contributed by atoms with Crippen molar-refractivity contribution in [2.75, 3.05) is 6.54 Å². The Kier molecular flexibility index (Phi) is 2.03. The summed E-state index contributed by atoms with van der Waals surface area (Å²) in [7, 11) is -1.29. The standard InChI is InChI=1S/C5H8BNO2/c8-6(9)5-1-3-7-4-2-5/h1,3,8-9H,2,4H2. The van der Waals surface area contributed by atoms with E-state index in [4.69, 9.17) is 10.0 Å². The van der Waals surface area contributed by atoms with Crippen LogP contribution in [-0.2, 0) is 0 Å². The van der Waals surface area contributed by atoms with Gasteiger partial charge in [0.25, 0.3) is 0 Å². The molecule has 1 heterocycles. The molecule has 0 unspecified atom stereocenters. The zero-order chi connectivity index (χ0) is 6.69. The lowest BCUT2D eigenvalue weighted by Crippen LogP contribution is -2.17. The lowest BCUT2D eigenvalue weighted by atomic mass is 9.76. The van der Waals surface area contributed by atoms with E-state index >= 15 is 0 Å². The Hall–Kier alpha value is -0.605. The van der Waals surface area contributed by atoms with E-state index < -0.39 is 7.12 Å². The number of dihydropyridines is 1. The largest absolute Gasteiger partial charge is 0.484 e. The third-order valence-corrected chi connectivity index (χ3v) is 1.26. The fourth-order valence-electron chi connectivity index (χ4n) is 0.715. The predicted octanol–water partition coefficient (Wildman–Crippen LogP) is -0.601. The molecule has 0 fully saturated rings. The first kappa shape index (κ1) is 6.51. The highest BCUT2D eigenvalue weighted by Crippen LogP contribution is 2.04. The number of rotatable bonds is 1. The Morgan fingerprint density at radius 3 is 2.67 bits per heavy atom. The minimum atomic E-state index is -1.29. The molecule has 0 spiro atoms. The highest BCUT2D eigenvalue weighted by atomic mass is 16.4. The Balaban J connectivity index is 2.57. The van der Waals surface area contributed by atoms with E-state index in [0.717, 1.165) is 0 Å². The van der Waals surface area contributed by atoms with Crippen LogP contribution in [-0.4, -0.2) is 29.9 Å². The number of aliphatic imine (C=N–C) groups is 1. The first-order chi connectivity index (χ1) is 4.30. The fourth-order valence-corrected chi connectivity index (χ4v) is 0.715. The summed E-state index contributed by atoms with van der Waals surface area (Å²) in [5.74, 6) is 0. The van der Waals surface area contributed by atoms with E-state index in [2.05, 4.69) is 4.99 Å². The maximum Gasteiger partial charge on any atom is 0.484 e. The van der Waals surface area contributed by atoms with Crippen molar-refractivity contribution in [1.29, 1.82) is 0 Å². The molecule has 4 heteroatoms. The van der Waals surface area contributed by atoms with Crippen LogP contribution in [0, 0.1) is 0 Å². The van der Waals surface area contributed by atoms with Gasteiger partial charge in [-0.1, -0.05) is 0 Å². The van der Waals surface area contributed by atoms with Gasteiger partial charge in [-0.3, -0.25) is 4.99 Å². The van der Waals surface area contributed by atoms with Gasteiger partial charge in [0, 0.05) is 12.8 Å². The maximum absolute atomic E-state index is 8.60. The summed E-state index contributed by atoms with van der Waals surface area (Å²) in [6.45, 7) is 0.670. The third kappa shape index (κ3) is 1.66. The molecule has 0 aromatic heterocycles. The molecular formula is C5H8BNO2. The fraction of sp³-hybridized carbons (Fsp3) is 0.400. The van der Waals surface area contributed by atoms with Gasteiger partial charge in [0.2, 0.25) is 0 Å². The molecule has 0 aliphatic carbocycles. The van der Waals surface area contributed by atoms with Gasteiger partial charge in [0.1, 0.15) is 0 Å². The molecular weight excluding hydrogens is 117 g/mol. The third-order valence-electron chi connectivity index (χ3n) is 1.26. The van der Waals surface area contributed by atoms with E-state index in [1.807, 2.05) is 0 Å². The Morgan fingerprint density at radius 2 is 2.33 bits per heavy atom. The summed E-state index contributed by atoms with van der Waals surface area (Å²) in [6, 6.07) is 0. The summed E-state index contributed by atoms with van der Waals surface area (Å²) < 4.78 is 0. The molecule has 0 bridgehead atoms. The molecule has 9 heavy (non-hydrogen) atoms. The van der Waals surface area contributed by atoms with Crippen LogP contribution < -0.4 is 0 Å². The zero-order valence-corrected chi connectivity index (χ0v) is 4.99. The van der Waals surface area contributed by atoms with E-state index in [-0.39, 0.29) is 0 Å². The van der Waals surface area contributed by atoms with Crippen molar-refractivity contribution in [2.24, 2.45) is 4.99 Å². The van der Waals surface area contributed by atoms with Crippen LogP contribution in [0.25, 0.3) is 0 Å². The molecule has 0 atom stereocenters. The van der Waals surface area contributed by atoms with Gasteiger partial charge in [0.05, 0.1) is 0 Å². The molecule has 1 aliphatic rings. The normalized spacial score (nSPS) is 17.3. The highest BCUT2D eigenvalue weighted by Gasteiger charge is 2.14. The molecule has 0 saturated carbocycles. The average Bonchev–Trinajstić information content (AvgIpc) is 1.90. The number of hydrogen-bond acceptors (Lipinski definition) is 3. The van der Waals surface area contributed by atoms with Crippen molar-refractivity contribution in [3.63, 3.8) is 0 Å². The molecule has 3 nitrogen and oxygen atoms in total. The minimum Gasteiger partial charge on any atom is -0.423 e. The molecule has 0 saturated heterocycles. The van der Waals surface area contributed by atoms with Crippen LogP contribution in [0.2, 0.25) is 0 Å². The van der Waals surface area contributed by atoms with E-state index in [0.29, 0.717) is 18.4 Å². The summed E-state index contributed by atoms with van der Waals surface area (Å²) in [6.07, 6.45) is 3.89. The van der Waals surface area contributed by atoms with Crippen LogP contribution in [0.15, 0.2) is 16.5 Å². The van der Waals surface area contributed by atoms with Gasteiger partial charge < -0.3 is 10.0 Å². The van der Waals surface area contributed by atoms with Crippen molar-refractivity contribution in [3.05, 3.63) is 11.5 Å². The summed E-state index contributed by atoms with van der Waals surface area (Å²) in [4.78, 5) is 3.89. The Bertz CT molecular complexity index is 153. The van der Waals surface area contributed by atoms with Gasteiger partial charge in [-0.2, -0.15) is 0 Å². The second-order valence-corrected chi connectivity index (χ2v) is 1.92. The molecule has 1 aliphatic heterocycles. The van der Waals surface area contributed by atoms with Crippen LogP contribution in [0.4, 0.5) is 0 Å². The Morgan fingerprint density at radius 1 is 1.56 bits per heavy atom. The average molecular weight is 125 g/mol. The van der Waals surface area contributed by atoms with E-state index in [1.165, 1.54) is 0 Å². The predicted molar refractivity (Wildman–Crippen MR) is 36.3 cm³/mol. The SMILES string of the molecule is OB(O)C1=CC=NCC1. The summed E-state index contributed by atoms with van der Waals surface area (Å²) >= 11 is 0. The van der Waals surface area contributed by atoms with Crippen LogP contribution in [0.5, 0.6) is 0 Å². The molecule has 48 valence electrons. The summed E-state index contributed by atoms with van der Waals surface area (Å²) in [5.41, 5.74) is 0.644. The van der Waals surface area contributed by atoms with E-state index in [1.54, 1.807) is 12.3 Å². The monoisotopic (exact) mass is 125 g/mol. The molecule has 0 radical (unpaired) electrons. The second-order valence-electron chi connectivity index (χ2n) is 1.92. The quantitative estimate of drug-likeness (QED) is 0.459. The molecule has 0 aromatic carbocycles. The van der Waals surface area contributed by atoms with Gasteiger partial charge in [-0.15, -0.1) is 0 Å². The number of hydrogen-bond donors (Lipinski definition) is 2. The lowest BCUT2D eigenvalue weighted by Gasteiger charge is -2.05. The Labute approximate surface area is 53.9 Å². The van der Waals surface area contributed by atoms with Crippen LogP contribution in [0.3, 0.4) is 0 Å². The highest BCUT2D eigenvalue weighted by molar-refractivity contribution is 6.51. The molecule has 1 rings (SSSR count). The molecule has 0 aromatic rings. The first-order valence-corrected chi connectivity index (χ1v) is 2.86. The lowest BCUT2D eigenvalue weighted by molar-refractivity contribution is 0.416. The number of nitrogens with zero attached hydrogens (tertiary/aromatic N) is 1. The smallest absolute Gasteiger partial charge is 0.423 e. The van der Waals surface area contributed by atoms with Crippen molar-refractivity contribution in [1.82, 2.24) is 0 Å². The second kappa shape index (κ2) is 2.80. The molecule has 2 N–H and O–H groups in total. The first-order valence-electron chi connectivity index (χ1n) is 2.86. The van der Waals surface area contributed by atoms with Crippen LogP contribution >= 0.6 is 0 Å². The van der Waals surface area contributed by atoms with Gasteiger partial charge >= 0.3 is 7.12 Å². The van der Waals surface area contributed by atoms with Crippen molar-refractivity contribution in [3.8, 4) is 0 Å². The maximum atomic E-state index is 8.60.